The van der Waals surface area contributed by atoms with Crippen molar-refractivity contribution >= 4 is 30.7 Å². The lowest BCUT2D eigenvalue weighted by atomic mass is 10.2. The fraction of sp³-hybridized carbons (Fsp3) is 0.692. The number of halogens is 2. The van der Waals surface area contributed by atoms with Crippen LogP contribution in [0.15, 0.2) is 12.4 Å². The van der Waals surface area contributed by atoms with Crippen molar-refractivity contribution in [1.82, 2.24) is 24.9 Å². The molecule has 2 heterocycles. The van der Waals surface area contributed by atoms with Crippen LogP contribution < -0.4 is 5.32 Å². The number of hydrogen-bond acceptors (Lipinski definition) is 4. The minimum absolute atomic E-state index is 0. The van der Waals surface area contributed by atoms with Gasteiger partial charge in [0.1, 0.15) is 0 Å². The van der Waals surface area contributed by atoms with Gasteiger partial charge in [0.15, 0.2) is 0 Å². The summed E-state index contributed by atoms with van der Waals surface area (Å²) in [6.45, 7) is 5.13. The third-order valence-electron chi connectivity index (χ3n) is 3.39. The number of hydrogen-bond donors (Lipinski definition) is 1. The number of carbonyl (C=O) groups is 1. The van der Waals surface area contributed by atoms with Crippen LogP contribution in [0.1, 0.15) is 12.0 Å². The molecule has 2 rings (SSSR count). The highest BCUT2D eigenvalue weighted by Crippen LogP contribution is 2.03. The molecule has 122 valence electrons. The average molecular weight is 338 g/mol. The molecular weight excluding hydrogens is 313 g/mol. The molecule has 0 radical (unpaired) electrons. The van der Waals surface area contributed by atoms with E-state index in [0.29, 0.717) is 6.42 Å². The number of aryl methyl sites for hydroxylation is 1. The Morgan fingerprint density at radius 3 is 2.62 bits per heavy atom. The first kappa shape index (κ1) is 20.2. The van der Waals surface area contributed by atoms with E-state index in [1.807, 2.05) is 31.4 Å². The van der Waals surface area contributed by atoms with Crippen LogP contribution in [0.4, 0.5) is 0 Å². The van der Waals surface area contributed by atoms with E-state index in [9.17, 15) is 4.79 Å². The zero-order valence-electron chi connectivity index (χ0n) is 12.6. The van der Waals surface area contributed by atoms with Gasteiger partial charge < -0.3 is 15.1 Å². The molecule has 1 aromatic heterocycles. The zero-order chi connectivity index (χ0) is 13.7. The van der Waals surface area contributed by atoms with Crippen LogP contribution >= 0.6 is 24.8 Å². The normalized spacial score (nSPS) is 14.5. The molecule has 1 amide bonds. The van der Waals surface area contributed by atoms with Crippen LogP contribution in [0.3, 0.4) is 0 Å². The van der Waals surface area contributed by atoms with E-state index in [1.54, 1.807) is 4.68 Å². The minimum atomic E-state index is 0. The van der Waals surface area contributed by atoms with E-state index < -0.39 is 0 Å². The third-order valence-corrected chi connectivity index (χ3v) is 3.39. The fourth-order valence-electron chi connectivity index (χ4n) is 2.30. The van der Waals surface area contributed by atoms with Gasteiger partial charge in [0, 0.05) is 64.5 Å². The molecule has 0 aliphatic carbocycles. The summed E-state index contributed by atoms with van der Waals surface area (Å²) in [6.07, 6.45) is 4.47. The predicted octanol–water partition coefficient (Wildman–Crippen LogP) is 0.517. The second-order valence-corrected chi connectivity index (χ2v) is 5.14. The standard InChI is InChI=1S/C13H23N5O.2ClH/c1-16(10-12-9-15-17(2)11-12)6-3-13(19)18-7-4-14-5-8-18;;/h9,11,14H,3-8,10H2,1-2H3;2*1H. The molecule has 6 nitrogen and oxygen atoms in total. The van der Waals surface area contributed by atoms with Crippen LogP contribution in [0.5, 0.6) is 0 Å². The van der Waals surface area contributed by atoms with Crippen molar-refractivity contribution in [3.8, 4) is 0 Å². The van der Waals surface area contributed by atoms with Gasteiger partial charge in [0.25, 0.3) is 0 Å². The Morgan fingerprint density at radius 2 is 2.05 bits per heavy atom. The molecule has 21 heavy (non-hydrogen) atoms. The van der Waals surface area contributed by atoms with Gasteiger partial charge in [-0.2, -0.15) is 5.10 Å². The first-order valence-electron chi connectivity index (χ1n) is 6.80. The van der Waals surface area contributed by atoms with Crippen molar-refractivity contribution in [2.75, 3.05) is 39.8 Å². The van der Waals surface area contributed by atoms with Crippen LogP contribution in [0.25, 0.3) is 0 Å². The van der Waals surface area contributed by atoms with Gasteiger partial charge in [-0.15, -0.1) is 24.8 Å². The first-order valence-corrected chi connectivity index (χ1v) is 6.80. The predicted molar refractivity (Wildman–Crippen MR) is 88.1 cm³/mol. The molecule has 1 saturated heterocycles. The highest BCUT2D eigenvalue weighted by atomic mass is 35.5. The first-order chi connectivity index (χ1) is 9.15. The molecule has 1 fully saturated rings. The smallest absolute Gasteiger partial charge is 0.223 e. The molecule has 0 aromatic carbocycles. The number of nitrogens with one attached hydrogen (secondary N) is 1. The Labute approximate surface area is 138 Å². The maximum Gasteiger partial charge on any atom is 0.223 e. The summed E-state index contributed by atoms with van der Waals surface area (Å²) in [5.41, 5.74) is 1.18. The van der Waals surface area contributed by atoms with Crippen molar-refractivity contribution in [2.24, 2.45) is 7.05 Å². The molecule has 8 heteroatoms. The Hall–Kier alpha value is -0.820. The largest absolute Gasteiger partial charge is 0.340 e. The van der Waals surface area contributed by atoms with E-state index in [1.165, 1.54) is 5.56 Å². The average Bonchev–Trinajstić information content (AvgIpc) is 2.82. The van der Waals surface area contributed by atoms with Crippen molar-refractivity contribution in [3.63, 3.8) is 0 Å². The summed E-state index contributed by atoms with van der Waals surface area (Å²) >= 11 is 0. The molecular formula is C13H25Cl2N5O. The van der Waals surface area contributed by atoms with Gasteiger partial charge in [0.05, 0.1) is 6.20 Å². The molecule has 0 atom stereocenters. The summed E-state index contributed by atoms with van der Waals surface area (Å²) in [5.74, 6) is 0.263. The van der Waals surface area contributed by atoms with Gasteiger partial charge in [-0.3, -0.25) is 9.48 Å². The van der Waals surface area contributed by atoms with Crippen LogP contribution in [0, 0.1) is 0 Å². The second-order valence-electron chi connectivity index (χ2n) is 5.14. The summed E-state index contributed by atoms with van der Waals surface area (Å²) in [7, 11) is 3.95. The van der Waals surface area contributed by atoms with Crippen LogP contribution in [0.2, 0.25) is 0 Å². The molecule has 1 aliphatic heterocycles. The van der Waals surface area contributed by atoms with E-state index >= 15 is 0 Å². The molecule has 1 N–H and O–H groups in total. The number of carbonyl (C=O) groups excluding carboxylic acids is 1. The molecule has 1 aromatic rings. The van der Waals surface area contributed by atoms with Gasteiger partial charge in [-0.25, -0.2) is 0 Å². The van der Waals surface area contributed by atoms with Gasteiger partial charge >= 0.3 is 0 Å². The van der Waals surface area contributed by atoms with E-state index in [0.717, 1.165) is 39.3 Å². The number of nitrogens with zero attached hydrogens (tertiary/aromatic N) is 4. The SMILES string of the molecule is CN(CCC(=O)N1CCNCC1)Cc1cnn(C)c1.Cl.Cl. The molecule has 0 spiro atoms. The zero-order valence-corrected chi connectivity index (χ0v) is 14.3. The lowest BCUT2D eigenvalue weighted by molar-refractivity contribution is -0.132. The van der Waals surface area contributed by atoms with Crippen molar-refractivity contribution in [1.29, 1.82) is 0 Å². The van der Waals surface area contributed by atoms with Crippen molar-refractivity contribution < 1.29 is 4.79 Å². The van der Waals surface area contributed by atoms with Crippen molar-refractivity contribution in [2.45, 2.75) is 13.0 Å². The van der Waals surface area contributed by atoms with Crippen LogP contribution in [-0.2, 0) is 18.4 Å². The van der Waals surface area contributed by atoms with Gasteiger partial charge in [-0.1, -0.05) is 0 Å². The maximum atomic E-state index is 12.0. The Bertz CT molecular complexity index is 420. The number of piperazine rings is 1. The Kier molecular flexibility index (Phi) is 9.61. The van der Waals surface area contributed by atoms with Crippen molar-refractivity contribution in [3.05, 3.63) is 18.0 Å². The fourth-order valence-corrected chi connectivity index (χ4v) is 2.30. The second kappa shape index (κ2) is 10.00. The van der Waals surface area contributed by atoms with E-state index in [2.05, 4.69) is 15.3 Å². The molecule has 0 bridgehead atoms. The molecule has 0 unspecified atom stereocenters. The molecule has 1 aliphatic rings. The topological polar surface area (TPSA) is 53.4 Å². The monoisotopic (exact) mass is 337 g/mol. The highest BCUT2D eigenvalue weighted by Gasteiger charge is 2.16. The summed E-state index contributed by atoms with van der Waals surface area (Å²) in [4.78, 5) is 16.1. The minimum Gasteiger partial charge on any atom is -0.340 e. The summed E-state index contributed by atoms with van der Waals surface area (Å²) in [6, 6.07) is 0. The Balaban J connectivity index is 0.00000200. The summed E-state index contributed by atoms with van der Waals surface area (Å²) < 4.78 is 1.80. The highest BCUT2D eigenvalue weighted by molar-refractivity contribution is 5.85. The lowest BCUT2D eigenvalue weighted by Gasteiger charge is -2.28. The maximum absolute atomic E-state index is 12.0. The number of aromatic nitrogens is 2. The Morgan fingerprint density at radius 1 is 1.38 bits per heavy atom. The summed E-state index contributed by atoms with van der Waals surface area (Å²) in [5, 5.41) is 7.40. The van der Waals surface area contributed by atoms with Crippen LogP contribution in [-0.4, -0.2) is 65.3 Å². The van der Waals surface area contributed by atoms with E-state index in [-0.39, 0.29) is 30.7 Å². The number of rotatable bonds is 5. The van der Waals surface area contributed by atoms with Gasteiger partial charge in [-0.05, 0) is 7.05 Å². The third kappa shape index (κ3) is 6.65. The van der Waals surface area contributed by atoms with E-state index in [4.69, 9.17) is 0 Å². The lowest BCUT2D eigenvalue weighted by Crippen LogP contribution is -2.47. The van der Waals surface area contributed by atoms with Gasteiger partial charge in [0.2, 0.25) is 5.91 Å². The molecule has 0 saturated carbocycles. The quantitative estimate of drug-likeness (QED) is 0.850. The number of amides is 1.